The molecule has 3 rings (SSSR count). The van der Waals surface area contributed by atoms with Gasteiger partial charge in [-0.25, -0.2) is 4.79 Å². The van der Waals surface area contributed by atoms with E-state index in [1.165, 1.54) is 11.3 Å². The molecule has 6 heteroatoms. The highest BCUT2D eigenvalue weighted by Gasteiger charge is 2.52. The summed E-state index contributed by atoms with van der Waals surface area (Å²) in [7, 11) is 1.54. The topological polar surface area (TPSA) is 71.0 Å². The number of methoxy groups -OCH3 is 1. The van der Waals surface area contributed by atoms with Crippen LogP contribution in [0.15, 0.2) is 17.1 Å². The molecule has 120 valence electrons. The first kappa shape index (κ1) is 15.2. The van der Waals surface area contributed by atoms with Crippen LogP contribution < -0.4 is 5.32 Å². The molecule has 2 aliphatic carbocycles. The van der Waals surface area contributed by atoms with Gasteiger partial charge in [0.1, 0.15) is 18.0 Å². The molecule has 22 heavy (non-hydrogen) atoms. The number of carbonyl (C=O) groups is 2. The van der Waals surface area contributed by atoms with E-state index in [-0.39, 0.29) is 18.7 Å². The standard InChI is InChI=1S/C16H23N3O3/c1-22-11-19-13(17-12-7-3-2-4-8-12)16(9-5-6-10-16)14(20)18-15(19)21/h5-6,12H,2-4,7-11H2,1H3,(H,18,20,21). The fraction of sp³-hybridized carbons (Fsp3) is 0.688. The molecule has 0 aromatic carbocycles. The summed E-state index contributed by atoms with van der Waals surface area (Å²) in [6, 6.07) is -0.224. The number of amidine groups is 1. The monoisotopic (exact) mass is 305 g/mol. The van der Waals surface area contributed by atoms with E-state index < -0.39 is 11.4 Å². The fourth-order valence-corrected chi connectivity index (χ4v) is 3.59. The first-order chi connectivity index (χ1) is 10.7. The summed E-state index contributed by atoms with van der Waals surface area (Å²) in [4.78, 5) is 31.1. The van der Waals surface area contributed by atoms with Crippen molar-refractivity contribution in [3.63, 3.8) is 0 Å². The zero-order chi connectivity index (χ0) is 15.6. The average Bonchev–Trinajstić information content (AvgIpc) is 3.01. The van der Waals surface area contributed by atoms with Crippen LogP contribution in [0.2, 0.25) is 0 Å². The van der Waals surface area contributed by atoms with Gasteiger partial charge in [0.2, 0.25) is 5.91 Å². The molecule has 0 aromatic rings. The van der Waals surface area contributed by atoms with Crippen LogP contribution in [0.5, 0.6) is 0 Å². The maximum absolute atomic E-state index is 12.5. The zero-order valence-electron chi connectivity index (χ0n) is 13.0. The summed E-state index contributed by atoms with van der Waals surface area (Å²) in [5, 5.41) is 2.46. The summed E-state index contributed by atoms with van der Waals surface area (Å²) >= 11 is 0. The van der Waals surface area contributed by atoms with E-state index >= 15 is 0 Å². The number of urea groups is 1. The number of amides is 3. The molecule has 0 aromatic heterocycles. The van der Waals surface area contributed by atoms with Crippen LogP contribution in [-0.4, -0.2) is 42.6 Å². The van der Waals surface area contributed by atoms with Crippen LogP contribution in [0.3, 0.4) is 0 Å². The number of ether oxygens (including phenoxy) is 1. The Morgan fingerprint density at radius 2 is 1.95 bits per heavy atom. The van der Waals surface area contributed by atoms with Gasteiger partial charge < -0.3 is 4.74 Å². The van der Waals surface area contributed by atoms with E-state index in [4.69, 9.17) is 9.73 Å². The third-order valence-corrected chi connectivity index (χ3v) is 4.82. The van der Waals surface area contributed by atoms with Gasteiger partial charge in [-0.05, 0) is 25.7 Å². The van der Waals surface area contributed by atoms with Crippen molar-refractivity contribution in [2.75, 3.05) is 13.8 Å². The van der Waals surface area contributed by atoms with Gasteiger partial charge in [-0.1, -0.05) is 31.4 Å². The molecule has 0 atom stereocenters. The van der Waals surface area contributed by atoms with Crippen LogP contribution >= 0.6 is 0 Å². The van der Waals surface area contributed by atoms with E-state index in [9.17, 15) is 9.59 Å². The summed E-state index contributed by atoms with van der Waals surface area (Å²) in [5.41, 5.74) is -0.732. The molecular weight excluding hydrogens is 282 g/mol. The van der Waals surface area contributed by atoms with Crippen LogP contribution in [-0.2, 0) is 9.53 Å². The number of rotatable bonds is 3. The van der Waals surface area contributed by atoms with E-state index in [0.29, 0.717) is 18.7 Å². The van der Waals surface area contributed by atoms with Crippen LogP contribution in [0.25, 0.3) is 0 Å². The molecule has 1 N–H and O–H groups in total. The number of nitrogens with one attached hydrogen (secondary N) is 1. The van der Waals surface area contributed by atoms with Gasteiger partial charge in [0, 0.05) is 7.11 Å². The van der Waals surface area contributed by atoms with E-state index in [0.717, 1.165) is 25.7 Å². The minimum Gasteiger partial charge on any atom is -0.364 e. The largest absolute Gasteiger partial charge is 0.364 e. The normalized spacial score (nSPS) is 27.0. The number of allylic oxidation sites excluding steroid dienone is 2. The molecule has 0 bridgehead atoms. The molecule has 0 radical (unpaired) electrons. The minimum absolute atomic E-state index is 0.117. The Labute approximate surface area is 130 Å². The van der Waals surface area contributed by atoms with Gasteiger partial charge in [-0.3, -0.25) is 20.0 Å². The number of carbonyl (C=O) groups excluding carboxylic acids is 2. The number of hydrogen-bond acceptors (Lipinski definition) is 4. The number of hydrogen-bond donors (Lipinski definition) is 1. The molecule has 3 aliphatic rings. The van der Waals surface area contributed by atoms with E-state index in [1.807, 2.05) is 12.2 Å². The Morgan fingerprint density at radius 3 is 2.59 bits per heavy atom. The number of imide groups is 1. The number of aliphatic imine (C=N–C) groups is 1. The zero-order valence-corrected chi connectivity index (χ0v) is 13.0. The lowest BCUT2D eigenvalue weighted by Crippen LogP contribution is -2.63. The van der Waals surface area contributed by atoms with Crippen molar-refractivity contribution in [2.24, 2.45) is 10.4 Å². The SMILES string of the molecule is COCN1C(=O)NC(=O)C2(CC=CC2)C1=NC1CCCCC1. The smallest absolute Gasteiger partial charge is 0.331 e. The summed E-state index contributed by atoms with van der Waals surface area (Å²) in [5.74, 6) is 0.365. The second-order valence-corrected chi connectivity index (χ2v) is 6.31. The predicted octanol–water partition coefficient (Wildman–Crippen LogP) is 2.21. The summed E-state index contributed by atoms with van der Waals surface area (Å²) in [6.07, 6.45) is 10.8. The van der Waals surface area contributed by atoms with Gasteiger partial charge >= 0.3 is 6.03 Å². The van der Waals surface area contributed by atoms with E-state index in [1.54, 1.807) is 7.11 Å². The molecular formula is C16H23N3O3. The second-order valence-electron chi connectivity index (χ2n) is 6.31. The Kier molecular flexibility index (Phi) is 4.29. The van der Waals surface area contributed by atoms with Gasteiger partial charge in [-0.2, -0.15) is 0 Å². The van der Waals surface area contributed by atoms with Gasteiger partial charge in [-0.15, -0.1) is 0 Å². The summed E-state index contributed by atoms with van der Waals surface area (Å²) < 4.78 is 5.16. The predicted molar refractivity (Wildman–Crippen MR) is 82.4 cm³/mol. The van der Waals surface area contributed by atoms with Gasteiger partial charge in [0.15, 0.2) is 0 Å². The fourth-order valence-electron chi connectivity index (χ4n) is 3.59. The van der Waals surface area contributed by atoms with E-state index in [2.05, 4.69) is 5.32 Å². The minimum atomic E-state index is -0.732. The Morgan fingerprint density at radius 1 is 1.27 bits per heavy atom. The van der Waals surface area contributed by atoms with Crippen molar-refractivity contribution in [3.8, 4) is 0 Å². The molecule has 1 aliphatic heterocycles. The van der Waals surface area contributed by atoms with Crippen molar-refractivity contribution in [1.29, 1.82) is 0 Å². The maximum atomic E-state index is 12.5. The van der Waals surface area contributed by atoms with Crippen molar-refractivity contribution >= 4 is 17.8 Å². The van der Waals surface area contributed by atoms with Crippen molar-refractivity contribution in [3.05, 3.63) is 12.2 Å². The lowest BCUT2D eigenvalue weighted by atomic mass is 9.80. The van der Waals surface area contributed by atoms with Crippen LogP contribution in [0, 0.1) is 5.41 Å². The first-order valence-corrected chi connectivity index (χ1v) is 8.02. The molecule has 0 unspecified atom stereocenters. The molecule has 1 heterocycles. The Hall–Kier alpha value is -1.69. The lowest BCUT2D eigenvalue weighted by Gasteiger charge is -2.40. The molecule has 3 amide bonds. The van der Waals surface area contributed by atoms with Crippen molar-refractivity contribution < 1.29 is 14.3 Å². The maximum Gasteiger partial charge on any atom is 0.331 e. The highest BCUT2D eigenvalue weighted by atomic mass is 16.5. The van der Waals surface area contributed by atoms with Crippen LogP contribution in [0.4, 0.5) is 4.79 Å². The highest BCUT2D eigenvalue weighted by molar-refractivity contribution is 6.21. The first-order valence-electron chi connectivity index (χ1n) is 8.02. The third kappa shape index (κ3) is 2.56. The highest BCUT2D eigenvalue weighted by Crippen LogP contribution is 2.39. The van der Waals surface area contributed by atoms with Gasteiger partial charge in [0.25, 0.3) is 0 Å². The molecule has 2 fully saturated rings. The molecule has 1 saturated carbocycles. The van der Waals surface area contributed by atoms with Crippen molar-refractivity contribution in [1.82, 2.24) is 10.2 Å². The lowest BCUT2D eigenvalue weighted by molar-refractivity contribution is -0.127. The third-order valence-electron chi connectivity index (χ3n) is 4.82. The molecule has 1 spiro atoms. The van der Waals surface area contributed by atoms with Crippen LogP contribution in [0.1, 0.15) is 44.9 Å². The molecule has 6 nitrogen and oxygen atoms in total. The van der Waals surface area contributed by atoms with Gasteiger partial charge in [0.05, 0.1) is 6.04 Å². The second kappa shape index (κ2) is 6.20. The number of nitrogens with zero attached hydrogens (tertiary/aromatic N) is 2. The summed E-state index contributed by atoms with van der Waals surface area (Å²) in [6.45, 7) is 0.117. The average molecular weight is 305 g/mol. The van der Waals surface area contributed by atoms with Crippen molar-refractivity contribution in [2.45, 2.75) is 51.0 Å². The Bertz CT molecular complexity index is 513. The Balaban J connectivity index is 1.97. The molecule has 1 saturated heterocycles. The quantitative estimate of drug-likeness (QED) is 0.813.